The summed E-state index contributed by atoms with van der Waals surface area (Å²) in [6.45, 7) is 0.273. The Morgan fingerprint density at radius 1 is 1.15 bits per heavy atom. The first-order chi connectivity index (χ1) is 11.8. The van der Waals surface area contributed by atoms with Crippen LogP contribution in [0, 0.1) is 10.1 Å². The molecule has 7 nitrogen and oxygen atoms in total. The first-order valence-electron chi connectivity index (χ1n) is 7.55. The van der Waals surface area contributed by atoms with Crippen molar-refractivity contribution in [3.63, 3.8) is 0 Å². The van der Waals surface area contributed by atoms with Gasteiger partial charge in [0.25, 0.3) is 5.69 Å². The number of sulfonamides is 1. The van der Waals surface area contributed by atoms with Crippen LogP contribution in [0.25, 0.3) is 0 Å². The Hall–Kier alpha value is -1.71. The molecule has 2 aromatic rings. The summed E-state index contributed by atoms with van der Waals surface area (Å²) in [6.07, 6.45) is 0. The minimum absolute atomic E-state index is 0. The fraction of sp³-hybridized carbons (Fsp3) is 0.250. The molecule has 0 saturated carbocycles. The lowest BCUT2D eigenvalue weighted by atomic mass is 9.95. The van der Waals surface area contributed by atoms with Crippen LogP contribution in [0.3, 0.4) is 0 Å². The van der Waals surface area contributed by atoms with Gasteiger partial charge < -0.3 is 5.73 Å². The van der Waals surface area contributed by atoms with Crippen LogP contribution in [0.1, 0.15) is 11.5 Å². The molecule has 3 rings (SSSR count). The highest BCUT2D eigenvalue weighted by atomic mass is 35.5. The molecule has 2 aromatic carbocycles. The largest absolute Gasteiger partial charge is 0.326 e. The monoisotopic (exact) mass is 417 g/mol. The van der Waals surface area contributed by atoms with Crippen molar-refractivity contribution in [3.05, 3.63) is 69.2 Å². The molecule has 0 spiro atoms. The van der Waals surface area contributed by atoms with E-state index >= 15 is 0 Å². The maximum atomic E-state index is 12.9. The number of nitrogens with two attached hydrogens (primary N) is 1. The maximum Gasteiger partial charge on any atom is 0.290 e. The zero-order chi connectivity index (χ0) is 18.2. The van der Waals surface area contributed by atoms with Crippen molar-refractivity contribution in [2.24, 2.45) is 5.73 Å². The molecule has 0 radical (unpaired) electrons. The number of rotatable bonds is 4. The molecule has 0 aromatic heterocycles. The van der Waals surface area contributed by atoms with E-state index in [0.717, 1.165) is 17.7 Å². The highest BCUT2D eigenvalue weighted by Crippen LogP contribution is 2.34. The lowest BCUT2D eigenvalue weighted by Crippen LogP contribution is -2.32. The first kappa shape index (κ1) is 20.6. The van der Waals surface area contributed by atoms with E-state index < -0.39 is 20.6 Å². The molecule has 26 heavy (non-hydrogen) atoms. The number of hydrogen-bond acceptors (Lipinski definition) is 5. The van der Waals surface area contributed by atoms with E-state index in [2.05, 4.69) is 0 Å². The second-order valence-corrected chi connectivity index (χ2v) is 8.22. The summed E-state index contributed by atoms with van der Waals surface area (Å²) in [4.78, 5) is 10.1. The third kappa shape index (κ3) is 3.84. The van der Waals surface area contributed by atoms with Crippen molar-refractivity contribution < 1.29 is 13.3 Å². The van der Waals surface area contributed by atoms with Gasteiger partial charge in [-0.3, -0.25) is 10.1 Å². The van der Waals surface area contributed by atoms with Gasteiger partial charge in [-0.25, -0.2) is 8.42 Å². The van der Waals surface area contributed by atoms with Crippen LogP contribution in [-0.4, -0.2) is 36.8 Å². The normalized spacial score (nSPS) is 20.5. The van der Waals surface area contributed by atoms with E-state index in [9.17, 15) is 18.5 Å². The summed E-state index contributed by atoms with van der Waals surface area (Å²) >= 11 is 5.76. The number of benzene rings is 2. The third-order valence-electron chi connectivity index (χ3n) is 4.29. The van der Waals surface area contributed by atoms with E-state index in [1.807, 2.05) is 30.3 Å². The number of hydrogen-bond donors (Lipinski definition) is 1. The molecule has 1 saturated heterocycles. The van der Waals surface area contributed by atoms with Gasteiger partial charge in [0, 0.05) is 36.1 Å². The van der Waals surface area contributed by atoms with Crippen molar-refractivity contribution in [2.75, 3.05) is 13.1 Å². The molecule has 2 atom stereocenters. The van der Waals surface area contributed by atoms with Gasteiger partial charge in [-0.2, -0.15) is 4.31 Å². The molecule has 1 fully saturated rings. The topological polar surface area (TPSA) is 107 Å². The van der Waals surface area contributed by atoms with Crippen LogP contribution in [0.15, 0.2) is 53.4 Å². The van der Waals surface area contributed by atoms with E-state index in [0.29, 0.717) is 0 Å². The van der Waals surface area contributed by atoms with Crippen LogP contribution >= 0.6 is 24.0 Å². The van der Waals surface area contributed by atoms with Crippen molar-refractivity contribution in [3.8, 4) is 0 Å². The number of nitro groups is 1. The molecule has 0 unspecified atom stereocenters. The Bertz CT molecular complexity index is 909. The standard InChI is InChI=1S/C16H16ClN3O4S.ClH/c17-12-6-7-16(15(8-12)20(21)22)25(23,24)19-9-13(14(18)10-19)11-4-2-1-3-5-11;/h1-8,13-14H,9-10,18H2;1H/t13-,14+;/m0./s1. The van der Waals surface area contributed by atoms with E-state index in [1.165, 1.54) is 10.4 Å². The predicted molar refractivity (Wildman–Crippen MR) is 101 cm³/mol. The molecule has 0 bridgehead atoms. The average molecular weight is 418 g/mol. The van der Waals surface area contributed by atoms with Gasteiger partial charge >= 0.3 is 0 Å². The molecule has 1 aliphatic heterocycles. The van der Waals surface area contributed by atoms with Crippen molar-refractivity contribution in [2.45, 2.75) is 16.9 Å². The zero-order valence-electron chi connectivity index (χ0n) is 13.5. The summed E-state index contributed by atoms with van der Waals surface area (Å²) in [5.41, 5.74) is 6.54. The molecule has 2 N–H and O–H groups in total. The van der Waals surface area contributed by atoms with Gasteiger partial charge in [-0.1, -0.05) is 41.9 Å². The predicted octanol–water partition coefficient (Wildman–Crippen LogP) is 2.79. The smallest absolute Gasteiger partial charge is 0.290 e. The lowest BCUT2D eigenvalue weighted by molar-refractivity contribution is -0.387. The number of nitro benzene ring substituents is 1. The van der Waals surface area contributed by atoms with Crippen molar-refractivity contribution in [1.82, 2.24) is 4.31 Å². The average Bonchev–Trinajstić information content (AvgIpc) is 2.98. The first-order valence-corrected chi connectivity index (χ1v) is 9.37. The molecule has 10 heteroatoms. The zero-order valence-corrected chi connectivity index (χ0v) is 15.9. The summed E-state index contributed by atoms with van der Waals surface area (Å²) < 4.78 is 27.0. The minimum atomic E-state index is -4.05. The third-order valence-corrected chi connectivity index (χ3v) is 6.41. The second-order valence-electron chi connectivity index (χ2n) is 5.87. The Morgan fingerprint density at radius 2 is 1.81 bits per heavy atom. The molecular formula is C16H17Cl2N3O4S. The second kappa shape index (κ2) is 7.89. The van der Waals surface area contributed by atoms with Crippen LogP contribution in [0.2, 0.25) is 5.02 Å². The van der Waals surface area contributed by atoms with Gasteiger partial charge in [-0.05, 0) is 17.7 Å². The van der Waals surface area contributed by atoms with Crippen LogP contribution < -0.4 is 5.73 Å². The van der Waals surface area contributed by atoms with Crippen molar-refractivity contribution in [1.29, 1.82) is 0 Å². The highest BCUT2D eigenvalue weighted by Gasteiger charge is 2.40. The Labute approximate surface area is 162 Å². The van der Waals surface area contributed by atoms with Crippen LogP contribution in [0.4, 0.5) is 5.69 Å². The number of nitrogens with zero attached hydrogens (tertiary/aromatic N) is 2. The minimum Gasteiger partial charge on any atom is -0.326 e. The van der Waals surface area contributed by atoms with Gasteiger partial charge in [-0.15, -0.1) is 12.4 Å². The quantitative estimate of drug-likeness (QED) is 0.607. The molecular weight excluding hydrogens is 401 g/mol. The lowest BCUT2D eigenvalue weighted by Gasteiger charge is -2.16. The maximum absolute atomic E-state index is 12.9. The van der Waals surface area contributed by atoms with Gasteiger partial charge in [0.1, 0.15) is 0 Å². The molecule has 0 amide bonds. The highest BCUT2D eigenvalue weighted by molar-refractivity contribution is 7.89. The summed E-state index contributed by atoms with van der Waals surface area (Å²) in [7, 11) is -4.05. The molecule has 0 aliphatic carbocycles. The molecule has 140 valence electrons. The molecule has 1 heterocycles. The SMILES string of the molecule is Cl.N[C@@H]1CN(S(=O)(=O)c2ccc(Cl)cc2[N+](=O)[O-])C[C@H]1c1ccccc1. The van der Waals surface area contributed by atoms with Gasteiger partial charge in [0.15, 0.2) is 4.90 Å². The van der Waals surface area contributed by atoms with E-state index in [4.69, 9.17) is 17.3 Å². The fourth-order valence-corrected chi connectivity index (χ4v) is 4.84. The summed E-state index contributed by atoms with van der Waals surface area (Å²) in [5.74, 6) is -0.165. The Balaban J connectivity index is 0.00000243. The Kier molecular flexibility index (Phi) is 6.25. The van der Waals surface area contributed by atoms with Gasteiger partial charge in [0.2, 0.25) is 10.0 Å². The van der Waals surface area contributed by atoms with E-state index in [-0.39, 0.29) is 47.4 Å². The number of halogens is 2. The molecule has 1 aliphatic rings. The van der Waals surface area contributed by atoms with E-state index in [1.54, 1.807) is 0 Å². The fourth-order valence-electron chi connectivity index (χ4n) is 3.03. The Morgan fingerprint density at radius 3 is 2.42 bits per heavy atom. The van der Waals surface area contributed by atoms with Crippen LogP contribution in [0.5, 0.6) is 0 Å². The van der Waals surface area contributed by atoms with Crippen LogP contribution in [-0.2, 0) is 10.0 Å². The van der Waals surface area contributed by atoms with Gasteiger partial charge in [0.05, 0.1) is 4.92 Å². The summed E-state index contributed by atoms with van der Waals surface area (Å²) in [6, 6.07) is 12.5. The summed E-state index contributed by atoms with van der Waals surface area (Å²) in [5, 5.41) is 11.3. The van der Waals surface area contributed by atoms with Crippen molar-refractivity contribution >= 4 is 39.7 Å².